The Bertz CT molecular complexity index is 379. The predicted octanol–water partition coefficient (Wildman–Crippen LogP) is 2.95. The van der Waals surface area contributed by atoms with Crippen molar-refractivity contribution >= 4 is 21.8 Å². The molecule has 0 saturated carbocycles. The molecule has 0 fully saturated rings. The average Bonchev–Trinajstić information content (AvgIpc) is 2.29. The molecule has 1 amide bonds. The Balaban J connectivity index is 2.84. The summed E-state index contributed by atoms with van der Waals surface area (Å²) in [4.78, 5) is 14.1. The van der Waals surface area contributed by atoms with E-state index in [1.807, 2.05) is 43.0 Å². The number of rotatable bonds is 5. The fourth-order valence-corrected chi connectivity index (χ4v) is 1.97. The van der Waals surface area contributed by atoms with E-state index >= 15 is 0 Å². The molecule has 0 spiro atoms. The van der Waals surface area contributed by atoms with Crippen LogP contribution in [0.25, 0.3) is 0 Å². The van der Waals surface area contributed by atoms with E-state index in [0.29, 0.717) is 18.7 Å². The topological polar surface area (TPSA) is 29.5 Å². The lowest BCUT2D eigenvalue weighted by molar-refractivity contribution is 0.0635. The number of hydrogen-bond donors (Lipinski definition) is 0. The van der Waals surface area contributed by atoms with Gasteiger partial charge in [-0.2, -0.15) is 0 Å². The Hall–Kier alpha value is -0.870. The number of nitrogens with zero attached hydrogens (tertiary/aromatic N) is 1. The summed E-state index contributed by atoms with van der Waals surface area (Å²) in [7, 11) is 1.64. The van der Waals surface area contributed by atoms with Crippen LogP contribution in [0.3, 0.4) is 0 Å². The first kappa shape index (κ1) is 14.2. The van der Waals surface area contributed by atoms with E-state index in [9.17, 15) is 4.79 Å². The highest BCUT2D eigenvalue weighted by Gasteiger charge is 2.18. The molecule has 0 heterocycles. The van der Waals surface area contributed by atoms with Gasteiger partial charge >= 0.3 is 0 Å². The number of methoxy groups -OCH3 is 1. The number of ether oxygens (including phenoxy) is 1. The monoisotopic (exact) mass is 299 g/mol. The lowest BCUT2D eigenvalue weighted by Gasteiger charge is -2.26. The molecule has 0 bridgehead atoms. The SMILES string of the molecule is COCCN(C(=O)c1cccc(Br)c1)C(C)C. The lowest BCUT2D eigenvalue weighted by atomic mass is 10.1. The highest BCUT2D eigenvalue weighted by atomic mass is 79.9. The summed E-state index contributed by atoms with van der Waals surface area (Å²) in [6.07, 6.45) is 0. The minimum atomic E-state index is 0.0401. The van der Waals surface area contributed by atoms with Gasteiger partial charge in [-0.25, -0.2) is 0 Å². The molecule has 0 N–H and O–H groups in total. The van der Waals surface area contributed by atoms with Crippen molar-refractivity contribution < 1.29 is 9.53 Å². The van der Waals surface area contributed by atoms with Crippen LogP contribution in [-0.4, -0.2) is 37.1 Å². The van der Waals surface area contributed by atoms with Crippen molar-refractivity contribution in [3.8, 4) is 0 Å². The summed E-state index contributed by atoms with van der Waals surface area (Å²) in [6, 6.07) is 7.61. The first-order chi connectivity index (χ1) is 8.06. The number of amides is 1. The molecular formula is C13H18BrNO2. The third-order valence-electron chi connectivity index (χ3n) is 2.49. The van der Waals surface area contributed by atoms with Crippen LogP contribution in [0.1, 0.15) is 24.2 Å². The third-order valence-corrected chi connectivity index (χ3v) is 2.99. The largest absolute Gasteiger partial charge is 0.383 e. The second-order valence-electron chi connectivity index (χ2n) is 4.10. The summed E-state index contributed by atoms with van der Waals surface area (Å²) in [5.41, 5.74) is 0.698. The molecule has 0 aliphatic rings. The minimum absolute atomic E-state index is 0.0401. The third kappa shape index (κ3) is 4.13. The number of halogens is 1. The second-order valence-corrected chi connectivity index (χ2v) is 5.01. The maximum atomic E-state index is 12.3. The summed E-state index contributed by atoms with van der Waals surface area (Å²) in [5, 5.41) is 0. The average molecular weight is 300 g/mol. The van der Waals surface area contributed by atoms with Gasteiger partial charge in [0.05, 0.1) is 6.61 Å². The normalized spacial score (nSPS) is 10.6. The fourth-order valence-electron chi connectivity index (χ4n) is 1.57. The van der Waals surface area contributed by atoms with E-state index in [-0.39, 0.29) is 11.9 Å². The maximum Gasteiger partial charge on any atom is 0.254 e. The van der Waals surface area contributed by atoms with Crippen LogP contribution >= 0.6 is 15.9 Å². The second kappa shape index (κ2) is 6.77. The molecule has 4 heteroatoms. The van der Waals surface area contributed by atoms with Crippen molar-refractivity contribution in [1.82, 2.24) is 4.90 Å². The van der Waals surface area contributed by atoms with E-state index in [4.69, 9.17) is 4.74 Å². The van der Waals surface area contributed by atoms with Gasteiger partial charge in [0.25, 0.3) is 5.91 Å². The molecule has 0 aliphatic heterocycles. The summed E-state index contributed by atoms with van der Waals surface area (Å²) >= 11 is 3.37. The summed E-state index contributed by atoms with van der Waals surface area (Å²) in [6.45, 7) is 5.18. The maximum absolute atomic E-state index is 12.3. The zero-order valence-electron chi connectivity index (χ0n) is 10.4. The Morgan fingerprint density at radius 2 is 2.18 bits per heavy atom. The molecule has 1 aromatic rings. The van der Waals surface area contributed by atoms with Gasteiger partial charge in [-0.05, 0) is 32.0 Å². The number of carbonyl (C=O) groups excluding carboxylic acids is 1. The van der Waals surface area contributed by atoms with Gasteiger partial charge in [0.2, 0.25) is 0 Å². The summed E-state index contributed by atoms with van der Waals surface area (Å²) < 4.78 is 5.94. The van der Waals surface area contributed by atoms with Crippen molar-refractivity contribution in [3.05, 3.63) is 34.3 Å². The van der Waals surface area contributed by atoms with E-state index < -0.39 is 0 Å². The molecule has 1 aromatic carbocycles. The molecule has 0 aromatic heterocycles. The first-order valence-electron chi connectivity index (χ1n) is 5.61. The Morgan fingerprint density at radius 3 is 2.71 bits per heavy atom. The van der Waals surface area contributed by atoms with Crippen LogP contribution in [0, 0.1) is 0 Å². The number of carbonyl (C=O) groups is 1. The molecule has 17 heavy (non-hydrogen) atoms. The van der Waals surface area contributed by atoms with Crippen molar-refractivity contribution in [1.29, 1.82) is 0 Å². The van der Waals surface area contributed by atoms with Crippen LogP contribution in [-0.2, 0) is 4.74 Å². The first-order valence-corrected chi connectivity index (χ1v) is 6.41. The van der Waals surface area contributed by atoms with Gasteiger partial charge in [0.15, 0.2) is 0 Å². The zero-order chi connectivity index (χ0) is 12.8. The minimum Gasteiger partial charge on any atom is -0.383 e. The van der Waals surface area contributed by atoms with Crippen molar-refractivity contribution in [2.45, 2.75) is 19.9 Å². The fraction of sp³-hybridized carbons (Fsp3) is 0.462. The lowest BCUT2D eigenvalue weighted by Crippen LogP contribution is -2.39. The summed E-state index contributed by atoms with van der Waals surface area (Å²) in [5.74, 6) is 0.0401. The standard InChI is InChI=1S/C13H18BrNO2/c1-10(2)15(7-8-17-3)13(16)11-5-4-6-12(14)9-11/h4-6,9-10H,7-8H2,1-3H3. The molecule has 3 nitrogen and oxygen atoms in total. The van der Waals surface area contributed by atoms with Crippen LogP contribution in [0.5, 0.6) is 0 Å². The van der Waals surface area contributed by atoms with Gasteiger partial charge in [-0.1, -0.05) is 22.0 Å². The van der Waals surface area contributed by atoms with Crippen LogP contribution in [0.2, 0.25) is 0 Å². The van der Waals surface area contributed by atoms with Gasteiger partial charge < -0.3 is 9.64 Å². The van der Waals surface area contributed by atoms with E-state index in [1.54, 1.807) is 7.11 Å². The van der Waals surface area contributed by atoms with Crippen LogP contribution in [0.15, 0.2) is 28.7 Å². The Labute approximate surface area is 111 Å². The van der Waals surface area contributed by atoms with Crippen LogP contribution < -0.4 is 0 Å². The van der Waals surface area contributed by atoms with Gasteiger partial charge in [-0.3, -0.25) is 4.79 Å². The molecule has 0 aliphatic carbocycles. The highest BCUT2D eigenvalue weighted by molar-refractivity contribution is 9.10. The highest BCUT2D eigenvalue weighted by Crippen LogP contribution is 2.14. The zero-order valence-corrected chi connectivity index (χ0v) is 12.0. The molecule has 94 valence electrons. The number of hydrogen-bond acceptors (Lipinski definition) is 2. The predicted molar refractivity (Wildman–Crippen MR) is 72.2 cm³/mol. The quantitative estimate of drug-likeness (QED) is 0.836. The Kier molecular flexibility index (Phi) is 5.65. The van der Waals surface area contributed by atoms with Crippen molar-refractivity contribution in [2.75, 3.05) is 20.3 Å². The number of benzene rings is 1. The van der Waals surface area contributed by atoms with Gasteiger partial charge in [0.1, 0.15) is 0 Å². The van der Waals surface area contributed by atoms with E-state index in [1.165, 1.54) is 0 Å². The Morgan fingerprint density at radius 1 is 1.47 bits per heavy atom. The smallest absolute Gasteiger partial charge is 0.254 e. The van der Waals surface area contributed by atoms with Gasteiger partial charge in [0, 0.05) is 29.7 Å². The van der Waals surface area contributed by atoms with Crippen LogP contribution in [0.4, 0.5) is 0 Å². The van der Waals surface area contributed by atoms with E-state index in [2.05, 4.69) is 15.9 Å². The molecule has 1 rings (SSSR count). The van der Waals surface area contributed by atoms with Crippen molar-refractivity contribution in [2.24, 2.45) is 0 Å². The van der Waals surface area contributed by atoms with Gasteiger partial charge in [-0.15, -0.1) is 0 Å². The molecule has 0 radical (unpaired) electrons. The van der Waals surface area contributed by atoms with E-state index in [0.717, 1.165) is 4.47 Å². The van der Waals surface area contributed by atoms with Crippen molar-refractivity contribution in [3.63, 3.8) is 0 Å². The molecular weight excluding hydrogens is 282 g/mol. The molecule has 0 unspecified atom stereocenters. The molecule has 0 saturated heterocycles. The molecule has 0 atom stereocenters.